The zero-order chi connectivity index (χ0) is 13.0. The number of benzene rings is 1. The van der Waals surface area contributed by atoms with Gasteiger partial charge in [-0.1, -0.05) is 24.3 Å². The first-order chi connectivity index (χ1) is 8.66. The van der Waals surface area contributed by atoms with Crippen molar-refractivity contribution in [2.75, 3.05) is 11.3 Å². The zero-order valence-electron chi connectivity index (χ0n) is 9.15. The molecule has 0 radical (unpaired) electrons. The smallest absolute Gasteiger partial charge is 0.263 e. The number of carboxylic acids is 1. The predicted octanol–water partition coefficient (Wildman–Crippen LogP) is -1.20. The van der Waals surface area contributed by atoms with Crippen molar-refractivity contribution in [3.63, 3.8) is 0 Å². The van der Waals surface area contributed by atoms with Gasteiger partial charge in [0.2, 0.25) is 0 Å². The van der Waals surface area contributed by atoms with Gasteiger partial charge < -0.3 is 15.7 Å². The number of nitrogen functional groups attached to an aromatic ring is 1. The molecule has 0 aliphatic rings. The summed E-state index contributed by atoms with van der Waals surface area (Å²) in [5.41, 5.74) is 3.41. The van der Waals surface area contributed by atoms with Gasteiger partial charge in [0.25, 0.3) is 5.95 Å². The molecule has 2 aromatic rings. The van der Waals surface area contributed by atoms with Gasteiger partial charge in [0.15, 0.2) is 0 Å². The second kappa shape index (κ2) is 4.95. The minimum absolute atomic E-state index is 0.113. The van der Waals surface area contributed by atoms with Crippen LogP contribution in [0.2, 0.25) is 0 Å². The molecule has 0 fully saturated rings. The fourth-order valence-electron chi connectivity index (χ4n) is 1.19. The number of nitrogens with two attached hydrogens (primary N) is 1. The SMILES string of the molecule is Nn1cnnc1N/N=C\c1ccc(C(=O)[O-])cc1. The molecule has 0 aliphatic carbocycles. The summed E-state index contributed by atoms with van der Waals surface area (Å²) in [7, 11) is 0. The van der Waals surface area contributed by atoms with Crippen molar-refractivity contribution in [3.05, 3.63) is 41.7 Å². The van der Waals surface area contributed by atoms with E-state index >= 15 is 0 Å². The molecule has 0 saturated heterocycles. The van der Waals surface area contributed by atoms with Gasteiger partial charge in [-0.3, -0.25) is 0 Å². The maximum absolute atomic E-state index is 10.5. The lowest BCUT2D eigenvalue weighted by Gasteiger charge is -2.01. The number of anilines is 1. The third-order valence-corrected chi connectivity index (χ3v) is 2.10. The molecular formula is C10H9N6O2-. The van der Waals surface area contributed by atoms with E-state index in [1.165, 1.54) is 29.4 Å². The second-order valence-electron chi connectivity index (χ2n) is 3.34. The molecule has 0 unspecified atom stereocenters. The van der Waals surface area contributed by atoms with Crippen LogP contribution in [-0.4, -0.2) is 27.1 Å². The number of nitrogens with zero attached hydrogens (tertiary/aromatic N) is 4. The van der Waals surface area contributed by atoms with Gasteiger partial charge in [-0.05, 0) is 11.1 Å². The van der Waals surface area contributed by atoms with Gasteiger partial charge in [-0.2, -0.15) is 5.10 Å². The normalized spacial score (nSPS) is 10.7. The number of hydrogen-bond acceptors (Lipinski definition) is 7. The summed E-state index contributed by atoms with van der Waals surface area (Å²) in [4.78, 5) is 10.5. The van der Waals surface area contributed by atoms with Crippen molar-refractivity contribution in [3.8, 4) is 0 Å². The van der Waals surface area contributed by atoms with E-state index in [0.29, 0.717) is 0 Å². The molecule has 0 bridgehead atoms. The van der Waals surface area contributed by atoms with Gasteiger partial charge in [0, 0.05) is 0 Å². The Kier molecular flexibility index (Phi) is 3.19. The Labute approximate surface area is 102 Å². The summed E-state index contributed by atoms with van der Waals surface area (Å²) in [5.74, 6) is 4.53. The number of aromatic carboxylic acids is 1. The van der Waals surface area contributed by atoms with Crippen molar-refractivity contribution in [2.24, 2.45) is 5.10 Å². The predicted molar refractivity (Wildman–Crippen MR) is 62.2 cm³/mol. The van der Waals surface area contributed by atoms with E-state index in [-0.39, 0.29) is 11.5 Å². The molecule has 0 amide bonds. The lowest BCUT2D eigenvalue weighted by molar-refractivity contribution is -0.255. The lowest BCUT2D eigenvalue weighted by atomic mass is 10.1. The van der Waals surface area contributed by atoms with Crippen molar-refractivity contribution < 1.29 is 9.90 Å². The largest absolute Gasteiger partial charge is 0.545 e. The molecule has 92 valence electrons. The molecule has 0 spiro atoms. The van der Waals surface area contributed by atoms with Crippen LogP contribution in [-0.2, 0) is 0 Å². The summed E-state index contributed by atoms with van der Waals surface area (Å²) < 4.78 is 1.18. The molecule has 3 N–H and O–H groups in total. The van der Waals surface area contributed by atoms with Crippen LogP contribution in [0.25, 0.3) is 0 Å². The Balaban J connectivity index is 2.01. The summed E-state index contributed by atoms with van der Waals surface area (Å²) in [6.45, 7) is 0. The molecule has 2 rings (SSSR count). The fraction of sp³-hybridized carbons (Fsp3) is 0. The average Bonchev–Trinajstić information content (AvgIpc) is 2.76. The molecule has 8 nitrogen and oxygen atoms in total. The van der Waals surface area contributed by atoms with Crippen LogP contribution < -0.4 is 16.4 Å². The fourth-order valence-corrected chi connectivity index (χ4v) is 1.19. The maximum atomic E-state index is 10.5. The topological polar surface area (TPSA) is 121 Å². The molecular weight excluding hydrogens is 236 g/mol. The molecule has 1 aromatic heterocycles. The van der Waals surface area contributed by atoms with E-state index in [4.69, 9.17) is 5.84 Å². The Morgan fingerprint density at radius 3 is 2.72 bits per heavy atom. The van der Waals surface area contributed by atoms with Crippen LogP contribution in [0.4, 0.5) is 5.95 Å². The lowest BCUT2D eigenvalue weighted by Crippen LogP contribution is -2.21. The van der Waals surface area contributed by atoms with Crippen LogP contribution >= 0.6 is 0 Å². The van der Waals surface area contributed by atoms with Crippen molar-refractivity contribution >= 4 is 18.1 Å². The van der Waals surface area contributed by atoms with Gasteiger partial charge in [-0.25, -0.2) is 10.1 Å². The van der Waals surface area contributed by atoms with Crippen LogP contribution in [0.5, 0.6) is 0 Å². The quantitative estimate of drug-likeness (QED) is 0.396. The third kappa shape index (κ3) is 2.61. The van der Waals surface area contributed by atoms with Crippen LogP contribution in [0.3, 0.4) is 0 Å². The second-order valence-corrected chi connectivity index (χ2v) is 3.34. The van der Waals surface area contributed by atoms with Crippen molar-refractivity contribution in [1.29, 1.82) is 0 Å². The van der Waals surface area contributed by atoms with E-state index < -0.39 is 5.97 Å². The van der Waals surface area contributed by atoms with Crippen molar-refractivity contribution in [2.45, 2.75) is 0 Å². The standard InChI is InChI=1S/C10H10N6O2/c11-16-6-13-15-10(16)14-12-5-7-1-3-8(4-2-7)9(17)18/h1-6H,11H2,(H,14,15)(H,17,18)/p-1/b12-5-. The Hall–Kier alpha value is -2.90. The summed E-state index contributed by atoms with van der Waals surface area (Å²) in [6, 6.07) is 6.07. The number of carboxylic acid groups (broad SMARTS) is 1. The number of hydrazone groups is 1. The average molecular weight is 245 g/mol. The Morgan fingerprint density at radius 1 is 1.44 bits per heavy atom. The van der Waals surface area contributed by atoms with Gasteiger partial charge >= 0.3 is 0 Å². The first-order valence-electron chi connectivity index (χ1n) is 4.92. The van der Waals surface area contributed by atoms with Crippen molar-refractivity contribution in [1.82, 2.24) is 14.9 Å². The maximum Gasteiger partial charge on any atom is 0.263 e. The van der Waals surface area contributed by atoms with E-state index in [1.54, 1.807) is 12.1 Å². The highest BCUT2D eigenvalue weighted by Crippen LogP contribution is 2.02. The Bertz CT molecular complexity index is 574. The van der Waals surface area contributed by atoms with Crippen LogP contribution in [0, 0.1) is 0 Å². The van der Waals surface area contributed by atoms with Gasteiger partial charge in [-0.15, -0.1) is 10.2 Å². The van der Waals surface area contributed by atoms with E-state index in [2.05, 4.69) is 20.7 Å². The zero-order valence-corrected chi connectivity index (χ0v) is 9.15. The van der Waals surface area contributed by atoms with E-state index in [1.807, 2.05) is 0 Å². The monoisotopic (exact) mass is 245 g/mol. The minimum Gasteiger partial charge on any atom is -0.545 e. The molecule has 8 heteroatoms. The highest BCUT2D eigenvalue weighted by molar-refractivity contribution is 5.87. The van der Waals surface area contributed by atoms with Crippen LogP contribution in [0.15, 0.2) is 35.7 Å². The molecule has 1 heterocycles. The summed E-state index contributed by atoms with van der Waals surface area (Å²) >= 11 is 0. The molecule has 0 aliphatic heterocycles. The first-order valence-corrected chi connectivity index (χ1v) is 4.92. The molecule has 1 aromatic carbocycles. The van der Waals surface area contributed by atoms with Gasteiger partial charge in [0.05, 0.1) is 12.2 Å². The van der Waals surface area contributed by atoms with E-state index in [9.17, 15) is 9.90 Å². The molecule has 18 heavy (non-hydrogen) atoms. The number of carbonyl (C=O) groups excluding carboxylic acids is 1. The Morgan fingerprint density at radius 2 is 2.17 bits per heavy atom. The number of aromatic nitrogens is 3. The number of nitrogens with one attached hydrogen (secondary N) is 1. The molecule has 0 saturated carbocycles. The van der Waals surface area contributed by atoms with Crippen LogP contribution in [0.1, 0.15) is 15.9 Å². The number of carbonyl (C=O) groups is 1. The highest BCUT2D eigenvalue weighted by Gasteiger charge is 1.97. The first kappa shape index (κ1) is 11.6. The van der Waals surface area contributed by atoms with Gasteiger partial charge in [0.1, 0.15) is 6.33 Å². The number of hydrogen-bond donors (Lipinski definition) is 2. The minimum atomic E-state index is -1.21. The summed E-state index contributed by atoms with van der Waals surface area (Å²) in [6.07, 6.45) is 2.82. The summed E-state index contributed by atoms with van der Waals surface area (Å²) in [5, 5.41) is 21.6. The number of rotatable bonds is 4. The highest BCUT2D eigenvalue weighted by atomic mass is 16.4. The molecule has 0 atom stereocenters. The van der Waals surface area contributed by atoms with E-state index in [0.717, 1.165) is 5.56 Å². The third-order valence-electron chi connectivity index (χ3n) is 2.10.